The van der Waals surface area contributed by atoms with Crippen molar-refractivity contribution in [3.8, 4) is 0 Å². The Balaban J connectivity index is 0.00000210. The maximum atomic E-state index is 2.62. The number of hydrogen-bond acceptors (Lipinski definition) is 0. The Morgan fingerprint density at radius 1 is 0.815 bits per heavy atom. The predicted octanol–water partition coefficient (Wildman–Crippen LogP) is 2.76. The summed E-state index contributed by atoms with van der Waals surface area (Å²) in [7, 11) is 4.90. The molecule has 0 saturated carbocycles. The Hall–Kier alpha value is -1.38. The fourth-order valence-electron chi connectivity index (χ4n) is 5.37. The molecular formula is C25H32BrN. The SMILES string of the molecule is Cc1ccccc1C(=CC1C[C@H]2CC[C@@H](C1)[N+]2(C)C)c1ccccc1C.[Br-]. The van der Waals surface area contributed by atoms with Gasteiger partial charge in [0.2, 0.25) is 0 Å². The van der Waals surface area contributed by atoms with Crippen LogP contribution in [0.25, 0.3) is 5.57 Å². The first-order chi connectivity index (χ1) is 12.5. The second-order valence-electron chi connectivity index (χ2n) is 8.96. The van der Waals surface area contributed by atoms with E-state index in [-0.39, 0.29) is 17.0 Å². The number of hydrogen-bond donors (Lipinski definition) is 0. The van der Waals surface area contributed by atoms with Gasteiger partial charge in [0.1, 0.15) is 0 Å². The molecule has 1 nitrogen and oxygen atoms in total. The average molecular weight is 426 g/mol. The van der Waals surface area contributed by atoms with E-state index in [0.29, 0.717) is 5.92 Å². The van der Waals surface area contributed by atoms with Crippen molar-refractivity contribution in [3.63, 3.8) is 0 Å². The highest BCUT2D eigenvalue weighted by Crippen LogP contribution is 2.44. The van der Waals surface area contributed by atoms with Crippen LogP contribution in [-0.4, -0.2) is 30.7 Å². The second-order valence-corrected chi connectivity index (χ2v) is 8.96. The van der Waals surface area contributed by atoms with Crippen LogP contribution in [0.1, 0.15) is 47.9 Å². The van der Waals surface area contributed by atoms with Crippen LogP contribution in [0.15, 0.2) is 54.6 Å². The molecule has 3 atom stereocenters. The first kappa shape index (κ1) is 20.4. The van der Waals surface area contributed by atoms with E-state index in [0.717, 1.165) is 12.1 Å². The molecule has 0 aliphatic carbocycles. The molecule has 2 fully saturated rings. The summed E-state index contributed by atoms with van der Waals surface area (Å²) in [6, 6.07) is 19.4. The Labute approximate surface area is 175 Å². The molecular weight excluding hydrogens is 394 g/mol. The zero-order valence-corrected chi connectivity index (χ0v) is 18.7. The minimum Gasteiger partial charge on any atom is -1.00 e. The third-order valence-corrected chi connectivity index (χ3v) is 7.14. The van der Waals surface area contributed by atoms with Crippen molar-refractivity contribution in [1.29, 1.82) is 0 Å². The molecule has 2 aliphatic heterocycles. The molecule has 27 heavy (non-hydrogen) atoms. The van der Waals surface area contributed by atoms with Gasteiger partial charge in [-0.3, -0.25) is 0 Å². The molecule has 144 valence electrons. The zero-order chi connectivity index (χ0) is 18.3. The van der Waals surface area contributed by atoms with Crippen LogP contribution in [0.3, 0.4) is 0 Å². The van der Waals surface area contributed by atoms with Gasteiger partial charge in [-0.25, -0.2) is 0 Å². The van der Waals surface area contributed by atoms with E-state index in [4.69, 9.17) is 0 Å². The molecule has 0 amide bonds. The minimum absolute atomic E-state index is 0. The molecule has 2 aromatic rings. The number of aryl methyl sites for hydroxylation is 2. The molecule has 4 rings (SSSR count). The van der Waals surface area contributed by atoms with Crippen molar-refractivity contribution in [1.82, 2.24) is 0 Å². The Bertz CT molecular complexity index is 772. The van der Waals surface area contributed by atoms with Gasteiger partial charge in [-0.1, -0.05) is 54.6 Å². The van der Waals surface area contributed by atoms with Gasteiger partial charge in [0.15, 0.2) is 0 Å². The monoisotopic (exact) mass is 425 g/mol. The van der Waals surface area contributed by atoms with E-state index in [9.17, 15) is 0 Å². The molecule has 2 saturated heterocycles. The van der Waals surface area contributed by atoms with Gasteiger partial charge >= 0.3 is 0 Å². The highest BCUT2D eigenvalue weighted by Gasteiger charge is 2.48. The summed E-state index contributed by atoms with van der Waals surface area (Å²) < 4.78 is 1.24. The van der Waals surface area contributed by atoms with Crippen LogP contribution in [0, 0.1) is 19.8 Å². The van der Waals surface area contributed by atoms with E-state index in [1.807, 2.05) is 0 Å². The highest BCUT2D eigenvalue weighted by molar-refractivity contribution is 5.82. The summed E-state index contributed by atoms with van der Waals surface area (Å²) >= 11 is 0. The van der Waals surface area contributed by atoms with Crippen LogP contribution < -0.4 is 17.0 Å². The lowest BCUT2D eigenvalue weighted by molar-refractivity contribution is -0.931. The number of benzene rings is 2. The molecule has 0 N–H and O–H groups in total. The van der Waals surface area contributed by atoms with Crippen LogP contribution in [-0.2, 0) is 0 Å². The maximum absolute atomic E-state index is 2.62. The van der Waals surface area contributed by atoms with Crippen molar-refractivity contribution >= 4 is 5.57 Å². The average Bonchev–Trinajstić information content (AvgIpc) is 2.78. The Morgan fingerprint density at radius 3 is 1.70 bits per heavy atom. The lowest BCUT2D eigenvalue weighted by atomic mass is 9.83. The summed E-state index contributed by atoms with van der Waals surface area (Å²) in [5, 5.41) is 0. The number of nitrogens with zero attached hydrogens (tertiary/aromatic N) is 1. The van der Waals surface area contributed by atoms with Gasteiger partial charge in [0.25, 0.3) is 0 Å². The molecule has 0 spiro atoms. The number of allylic oxidation sites excluding steroid dienone is 1. The highest BCUT2D eigenvalue weighted by atomic mass is 79.9. The maximum Gasteiger partial charge on any atom is 0.0896 e. The van der Waals surface area contributed by atoms with Gasteiger partial charge in [-0.2, -0.15) is 0 Å². The van der Waals surface area contributed by atoms with Crippen molar-refractivity contribution in [2.75, 3.05) is 14.1 Å². The summed E-state index contributed by atoms with van der Waals surface area (Å²) in [5.41, 5.74) is 6.98. The van der Waals surface area contributed by atoms with Gasteiger partial charge in [-0.15, -0.1) is 0 Å². The summed E-state index contributed by atoms with van der Waals surface area (Å²) in [6.07, 6.45) is 8.11. The number of halogens is 1. The normalized spacial score (nSPS) is 25.6. The summed E-state index contributed by atoms with van der Waals surface area (Å²) in [6.45, 7) is 4.48. The summed E-state index contributed by atoms with van der Waals surface area (Å²) in [5.74, 6) is 0.702. The van der Waals surface area contributed by atoms with Crippen LogP contribution in [0.4, 0.5) is 0 Å². The van der Waals surface area contributed by atoms with Gasteiger partial charge in [0.05, 0.1) is 26.2 Å². The first-order valence-corrected chi connectivity index (χ1v) is 10.1. The standard InChI is InChI=1S/C25H32N.BrH/c1-18-9-5-7-11-23(18)25(24-12-8-6-10-19(24)2)17-20-15-21-13-14-22(16-20)26(21,3)4;/h5-12,17,20-22H,13-16H2,1-4H3;1H/q+1;/p-1/t20?,21-,22+;. The van der Waals surface area contributed by atoms with Gasteiger partial charge in [-0.05, 0) is 47.6 Å². The molecule has 2 bridgehead atoms. The lowest BCUT2D eigenvalue weighted by Gasteiger charge is -2.44. The van der Waals surface area contributed by atoms with Crippen molar-refractivity contribution in [2.24, 2.45) is 5.92 Å². The number of piperidine rings is 1. The fourth-order valence-corrected chi connectivity index (χ4v) is 5.37. The Kier molecular flexibility index (Phi) is 5.98. The Morgan fingerprint density at radius 2 is 1.26 bits per heavy atom. The molecule has 2 aromatic carbocycles. The fraction of sp³-hybridized carbons (Fsp3) is 0.440. The third-order valence-electron chi connectivity index (χ3n) is 7.14. The smallest absolute Gasteiger partial charge is 0.0896 e. The van der Waals surface area contributed by atoms with E-state index in [2.05, 4.69) is 82.5 Å². The number of quaternary nitrogens is 1. The first-order valence-electron chi connectivity index (χ1n) is 10.1. The third kappa shape index (κ3) is 3.79. The molecule has 0 radical (unpaired) electrons. The number of fused-ring (bicyclic) bond motifs is 2. The second kappa shape index (κ2) is 7.93. The quantitative estimate of drug-likeness (QED) is 0.663. The van der Waals surface area contributed by atoms with Crippen LogP contribution in [0.5, 0.6) is 0 Å². The van der Waals surface area contributed by atoms with E-state index < -0.39 is 0 Å². The van der Waals surface area contributed by atoms with E-state index in [1.54, 1.807) is 0 Å². The molecule has 2 aliphatic rings. The predicted molar refractivity (Wildman–Crippen MR) is 111 cm³/mol. The zero-order valence-electron chi connectivity index (χ0n) is 17.1. The van der Waals surface area contributed by atoms with Crippen LogP contribution in [0.2, 0.25) is 0 Å². The van der Waals surface area contributed by atoms with Crippen LogP contribution >= 0.6 is 0 Å². The lowest BCUT2D eigenvalue weighted by Crippen LogP contribution is -3.00. The van der Waals surface area contributed by atoms with Gasteiger partial charge in [0, 0.05) is 25.7 Å². The topological polar surface area (TPSA) is 0 Å². The molecule has 0 aromatic heterocycles. The molecule has 2 heteroatoms. The van der Waals surface area contributed by atoms with Gasteiger partial charge < -0.3 is 21.5 Å². The van der Waals surface area contributed by atoms with Crippen molar-refractivity contribution in [2.45, 2.75) is 51.6 Å². The summed E-state index contributed by atoms with van der Waals surface area (Å²) in [4.78, 5) is 0. The van der Waals surface area contributed by atoms with E-state index in [1.165, 1.54) is 58.0 Å². The molecule has 1 unspecified atom stereocenters. The molecule has 2 heterocycles. The number of rotatable bonds is 3. The largest absolute Gasteiger partial charge is 1.00 e. The van der Waals surface area contributed by atoms with Crippen molar-refractivity contribution in [3.05, 3.63) is 76.9 Å². The van der Waals surface area contributed by atoms with E-state index >= 15 is 0 Å². The van der Waals surface area contributed by atoms with Crippen molar-refractivity contribution < 1.29 is 21.5 Å². The minimum atomic E-state index is 0.